The molecule has 1 N–H and O–H groups in total. The van der Waals surface area contributed by atoms with Crippen LogP contribution in [0, 0.1) is 11.3 Å². The second kappa shape index (κ2) is 4.10. The fourth-order valence-electron chi connectivity index (χ4n) is 2.14. The van der Waals surface area contributed by atoms with E-state index in [9.17, 15) is 4.79 Å². The van der Waals surface area contributed by atoms with E-state index in [1.807, 2.05) is 6.07 Å². The summed E-state index contributed by atoms with van der Waals surface area (Å²) in [6.45, 7) is 0. The maximum Gasteiger partial charge on any atom is 0.341 e. The number of aromatic nitrogens is 2. The normalized spacial score (nSPS) is 10.5. The number of esters is 1. The summed E-state index contributed by atoms with van der Waals surface area (Å²) in [6, 6.07) is 7.41. The van der Waals surface area contributed by atoms with Crippen molar-refractivity contribution in [2.24, 2.45) is 0 Å². The van der Waals surface area contributed by atoms with Gasteiger partial charge in [-0.25, -0.2) is 4.79 Å². The molecule has 0 saturated carbocycles. The number of fused-ring (bicyclic) bond motifs is 3. The second-order valence-electron chi connectivity index (χ2n) is 4.10. The highest BCUT2D eigenvalue weighted by Crippen LogP contribution is 2.27. The highest BCUT2D eigenvalue weighted by atomic mass is 16.5. The number of aromatic amines is 1. The molecule has 0 spiro atoms. The quantitative estimate of drug-likeness (QED) is 0.673. The average Bonchev–Trinajstić information content (AvgIpc) is 2.83. The average molecular weight is 251 g/mol. The minimum absolute atomic E-state index is 0.384. The summed E-state index contributed by atoms with van der Waals surface area (Å²) in [4.78, 5) is 18.9. The Hall–Kier alpha value is -2.87. The molecule has 0 unspecified atom stereocenters. The zero-order valence-electron chi connectivity index (χ0n) is 10.1. The van der Waals surface area contributed by atoms with Gasteiger partial charge in [-0.15, -0.1) is 0 Å². The van der Waals surface area contributed by atoms with Crippen LogP contribution in [-0.2, 0) is 4.74 Å². The Morgan fingerprint density at radius 3 is 2.95 bits per heavy atom. The van der Waals surface area contributed by atoms with Crippen LogP contribution in [0.3, 0.4) is 0 Å². The standard InChI is InChI=1S/C14H9N3O2/c1-19-14(18)11-7-16-6-10-9-4-8(5-15)2-3-12(9)17-13(10)11/h2-4,6-7,17H,1H3. The van der Waals surface area contributed by atoms with Gasteiger partial charge in [-0.05, 0) is 18.2 Å². The molecule has 0 radical (unpaired) electrons. The third kappa shape index (κ3) is 1.62. The number of carbonyl (C=O) groups excluding carboxylic acids is 1. The van der Waals surface area contributed by atoms with Gasteiger partial charge in [0.05, 0.1) is 24.3 Å². The molecular weight excluding hydrogens is 242 g/mol. The van der Waals surface area contributed by atoms with Crippen molar-refractivity contribution in [3.8, 4) is 6.07 Å². The lowest BCUT2D eigenvalue weighted by Crippen LogP contribution is -2.02. The van der Waals surface area contributed by atoms with Crippen LogP contribution >= 0.6 is 0 Å². The van der Waals surface area contributed by atoms with E-state index in [4.69, 9.17) is 10.00 Å². The van der Waals surface area contributed by atoms with Crippen LogP contribution in [0.4, 0.5) is 0 Å². The molecule has 0 bridgehead atoms. The molecule has 92 valence electrons. The monoisotopic (exact) mass is 251 g/mol. The number of nitrogens with zero attached hydrogens (tertiary/aromatic N) is 2. The van der Waals surface area contributed by atoms with E-state index >= 15 is 0 Å². The third-order valence-electron chi connectivity index (χ3n) is 3.05. The van der Waals surface area contributed by atoms with E-state index in [0.717, 1.165) is 16.3 Å². The summed E-state index contributed by atoms with van der Waals surface area (Å²) >= 11 is 0. The van der Waals surface area contributed by atoms with E-state index < -0.39 is 5.97 Å². The number of hydrogen-bond acceptors (Lipinski definition) is 4. The molecule has 0 amide bonds. The first-order valence-electron chi connectivity index (χ1n) is 5.62. The molecule has 19 heavy (non-hydrogen) atoms. The number of H-pyrrole nitrogens is 1. The Balaban J connectivity index is 2.41. The molecule has 0 fully saturated rings. The van der Waals surface area contributed by atoms with Gasteiger partial charge in [-0.3, -0.25) is 4.98 Å². The summed E-state index contributed by atoms with van der Waals surface area (Å²) in [6.07, 6.45) is 3.14. The third-order valence-corrected chi connectivity index (χ3v) is 3.05. The predicted molar refractivity (Wildman–Crippen MR) is 69.7 cm³/mol. The van der Waals surface area contributed by atoms with Gasteiger partial charge in [0.25, 0.3) is 0 Å². The fraction of sp³-hybridized carbons (Fsp3) is 0.0714. The number of ether oxygens (including phenoxy) is 1. The Morgan fingerprint density at radius 2 is 2.21 bits per heavy atom. The van der Waals surface area contributed by atoms with Gasteiger partial charge in [-0.2, -0.15) is 5.26 Å². The van der Waals surface area contributed by atoms with Gasteiger partial charge >= 0.3 is 5.97 Å². The molecule has 0 aliphatic carbocycles. The molecule has 0 atom stereocenters. The lowest BCUT2D eigenvalue weighted by molar-refractivity contribution is 0.0602. The summed E-state index contributed by atoms with van der Waals surface area (Å²) in [5, 5.41) is 10.6. The number of hydrogen-bond donors (Lipinski definition) is 1. The van der Waals surface area contributed by atoms with Crippen molar-refractivity contribution >= 4 is 27.8 Å². The first-order valence-corrected chi connectivity index (χ1v) is 5.62. The number of benzene rings is 1. The van der Waals surface area contributed by atoms with Gasteiger partial charge in [0, 0.05) is 28.7 Å². The summed E-state index contributed by atoms with van der Waals surface area (Å²) in [5.74, 6) is -0.440. The molecule has 0 saturated heterocycles. The smallest absolute Gasteiger partial charge is 0.341 e. The first kappa shape index (κ1) is 11.2. The van der Waals surface area contributed by atoms with E-state index in [2.05, 4.69) is 16.0 Å². The van der Waals surface area contributed by atoms with Crippen LogP contribution in [-0.4, -0.2) is 23.0 Å². The lowest BCUT2D eigenvalue weighted by atomic mass is 10.1. The summed E-state index contributed by atoms with van der Waals surface area (Å²) in [7, 11) is 1.33. The van der Waals surface area contributed by atoms with Gasteiger partial charge in [-0.1, -0.05) is 0 Å². The van der Waals surface area contributed by atoms with Gasteiger partial charge in [0.1, 0.15) is 5.56 Å². The van der Waals surface area contributed by atoms with Crippen LogP contribution in [0.2, 0.25) is 0 Å². The first-order chi connectivity index (χ1) is 9.24. The Morgan fingerprint density at radius 1 is 1.37 bits per heavy atom. The Bertz CT molecular complexity index is 843. The van der Waals surface area contributed by atoms with Crippen molar-refractivity contribution < 1.29 is 9.53 Å². The highest BCUT2D eigenvalue weighted by Gasteiger charge is 2.14. The SMILES string of the molecule is COC(=O)c1cncc2c1[nH]c1ccc(C#N)cc12. The van der Waals surface area contributed by atoms with Crippen molar-refractivity contribution in [3.63, 3.8) is 0 Å². The highest BCUT2D eigenvalue weighted by molar-refractivity contribution is 6.13. The maximum atomic E-state index is 11.7. The van der Waals surface area contributed by atoms with E-state index in [-0.39, 0.29) is 0 Å². The van der Waals surface area contributed by atoms with E-state index in [1.54, 1.807) is 18.3 Å². The molecule has 3 rings (SSSR count). The van der Waals surface area contributed by atoms with Crippen molar-refractivity contribution in [2.75, 3.05) is 7.11 Å². The molecule has 2 aromatic heterocycles. The number of rotatable bonds is 1. The number of nitriles is 1. The van der Waals surface area contributed by atoms with Crippen LogP contribution in [0.15, 0.2) is 30.6 Å². The second-order valence-corrected chi connectivity index (χ2v) is 4.10. The van der Waals surface area contributed by atoms with Crippen LogP contribution in [0.1, 0.15) is 15.9 Å². The van der Waals surface area contributed by atoms with Crippen molar-refractivity contribution in [1.29, 1.82) is 5.26 Å². The van der Waals surface area contributed by atoms with Gasteiger partial charge < -0.3 is 9.72 Å². The molecule has 5 nitrogen and oxygen atoms in total. The number of pyridine rings is 1. The molecule has 0 aliphatic heterocycles. The molecule has 0 aliphatic rings. The molecule has 3 aromatic rings. The van der Waals surface area contributed by atoms with Crippen LogP contribution < -0.4 is 0 Å². The maximum absolute atomic E-state index is 11.7. The van der Waals surface area contributed by atoms with Crippen LogP contribution in [0.25, 0.3) is 21.8 Å². The molecule has 1 aromatic carbocycles. The minimum Gasteiger partial charge on any atom is -0.465 e. The summed E-state index contributed by atoms with van der Waals surface area (Å²) in [5.41, 5.74) is 2.48. The van der Waals surface area contributed by atoms with Gasteiger partial charge in [0.15, 0.2) is 0 Å². The van der Waals surface area contributed by atoms with Crippen LogP contribution in [0.5, 0.6) is 0 Å². The van der Waals surface area contributed by atoms with E-state index in [1.165, 1.54) is 13.3 Å². The largest absolute Gasteiger partial charge is 0.465 e. The number of nitrogens with one attached hydrogen (secondary N) is 1. The predicted octanol–water partition coefficient (Wildman–Crippen LogP) is 2.37. The fourth-order valence-corrected chi connectivity index (χ4v) is 2.14. The topological polar surface area (TPSA) is 78.8 Å². The Labute approximate surface area is 108 Å². The Kier molecular flexibility index (Phi) is 2.43. The van der Waals surface area contributed by atoms with Crippen molar-refractivity contribution in [2.45, 2.75) is 0 Å². The molecule has 2 heterocycles. The van der Waals surface area contributed by atoms with Crippen molar-refractivity contribution in [1.82, 2.24) is 9.97 Å². The van der Waals surface area contributed by atoms with Gasteiger partial charge in [0.2, 0.25) is 0 Å². The zero-order chi connectivity index (χ0) is 13.4. The molecular formula is C14H9N3O2. The zero-order valence-corrected chi connectivity index (χ0v) is 10.1. The van der Waals surface area contributed by atoms with Crippen molar-refractivity contribution in [3.05, 3.63) is 41.7 Å². The summed E-state index contributed by atoms with van der Waals surface area (Å²) < 4.78 is 4.73. The minimum atomic E-state index is -0.440. The number of methoxy groups -OCH3 is 1. The van der Waals surface area contributed by atoms with E-state index in [0.29, 0.717) is 16.6 Å². The lowest BCUT2D eigenvalue weighted by Gasteiger charge is -1.99. The molecule has 5 heteroatoms. The number of carbonyl (C=O) groups is 1.